The molecule has 0 unspecified atom stereocenters. The van der Waals surface area contributed by atoms with Gasteiger partial charge in [-0.2, -0.15) is 0 Å². The van der Waals surface area contributed by atoms with Gasteiger partial charge in [0.15, 0.2) is 5.78 Å². The van der Waals surface area contributed by atoms with Crippen molar-refractivity contribution in [2.45, 2.75) is 45.1 Å². The molecule has 0 saturated heterocycles. The van der Waals surface area contributed by atoms with Crippen molar-refractivity contribution in [2.75, 3.05) is 5.75 Å². The Hall–Kier alpha value is -2.15. The molecule has 31 heavy (non-hydrogen) atoms. The predicted molar refractivity (Wildman–Crippen MR) is 129 cm³/mol. The highest BCUT2D eigenvalue weighted by molar-refractivity contribution is 8.00. The van der Waals surface area contributed by atoms with Crippen LogP contribution < -0.4 is 0 Å². The van der Waals surface area contributed by atoms with Gasteiger partial charge in [0.2, 0.25) is 0 Å². The van der Waals surface area contributed by atoms with Gasteiger partial charge in [0, 0.05) is 37.9 Å². The van der Waals surface area contributed by atoms with E-state index in [0.29, 0.717) is 10.8 Å². The van der Waals surface area contributed by atoms with Crippen LogP contribution in [0.5, 0.6) is 0 Å². The van der Waals surface area contributed by atoms with Gasteiger partial charge in [-0.15, -0.1) is 11.3 Å². The van der Waals surface area contributed by atoms with E-state index in [9.17, 15) is 4.79 Å². The number of Topliss-reactive ketones (excluding diaryl/α,β-unsaturated/α-hetero) is 1. The number of carbonyl (C=O) groups excluding carboxylic acids is 1. The number of ketones is 1. The average Bonchev–Trinajstić information content (AvgIpc) is 3.39. The number of halogens is 1. The maximum atomic E-state index is 13.2. The minimum Gasteiger partial charge on any atom is -0.318 e. The minimum absolute atomic E-state index is 0.120. The highest BCUT2D eigenvalue weighted by Crippen LogP contribution is 2.40. The van der Waals surface area contributed by atoms with Crippen LogP contribution in [0.1, 0.15) is 44.4 Å². The average molecular weight is 468 g/mol. The summed E-state index contributed by atoms with van der Waals surface area (Å²) in [4.78, 5) is 25.0. The topological polar surface area (TPSA) is 47.8 Å². The highest BCUT2D eigenvalue weighted by Gasteiger charge is 2.23. The monoisotopic (exact) mass is 467 g/mol. The van der Waals surface area contributed by atoms with Crippen LogP contribution in [0.2, 0.25) is 5.02 Å². The fraction of sp³-hybridized carbons (Fsp3) is 0.292. The Labute approximate surface area is 194 Å². The van der Waals surface area contributed by atoms with Crippen LogP contribution in [0, 0.1) is 20.8 Å². The number of benzene rings is 1. The van der Waals surface area contributed by atoms with E-state index in [2.05, 4.69) is 9.55 Å². The van der Waals surface area contributed by atoms with Gasteiger partial charge in [-0.1, -0.05) is 23.4 Å². The minimum atomic E-state index is 0.120. The van der Waals surface area contributed by atoms with E-state index in [-0.39, 0.29) is 5.78 Å². The molecule has 1 aromatic carbocycles. The molecule has 0 N–H and O–H groups in total. The Morgan fingerprint density at radius 3 is 2.71 bits per heavy atom. The van der Waals surface area contributed by atoms with Crippen molar-refractivity contribution < 1.29 is 4.79 Å². The van der Waals surface area contributed by atoms with Crippen molar-refractivity contribution in [3.05, 3.63) is 68.6 Å². The molecule has 3 aromatic heterocycles. The van der Waals surface area contributed by atoms with Crippen molar-refractivity contribution in [3.63, 3.8) is 0 Å². The lowest BCUT2D eigenvalue weighted by Crippen LogP contribution is -2.06. The fourth-order valence-corrected chi connectivity index (χ4v) is 6.89. The summed E-state index contributed by atoms with van der Waals surface area (Å²) in [6.07, 6.45) is 3.42. The molecular weight excluding hydrogens is 446 g/mol. The first-order valence-electron chi connectivity index (χ1n) is 10.3. The lowest BCUT2D eigenvalue weighted by molar-refractivity contribution is 0.102. The lowest BCUT2D eigenvalue weighted by Gasteiger charge is -2.10. The summed E-state index contributed by atoms with van der Waals surface area (Å²) in [5, 5.41) is 2.82. The maximum Gasteiger partial charge on any atom is 0.174 e. The molecule has 1 aliphatic carbocycles. The Morgan fingerprint density at radius 2 is 1.94 bits per heavy atom. The molecule has 0 bridgehead atoms. The van der Waals surface area contributed by atoms with Gasteiger partial charge >= 0.3 is 0 Å². The number of thiophene rings is 1. The van der Waals surface area contributed by atoms with Crippen molar-refractivity contribution >= 4 is 50.7 Å². The van der Waals surface area contributed by atoms with Crippen LogP contribution in [0.4, 0.5) is 0 Å². The Balaban J connectivity index is 1.43. The van der Waals surface area contributed by atoms with Crippen molar-refractivity contribution in [1.29, 1.82) is 0 Å². The normalized spacial score (nSPS) is 13.2. The van der Waals surface area contributed by atoms with Gasteiger partial charge in [-0.05, 0) is 75.9 Å². The van der Waals surface area contributed by atoms with Gasteiger partial charge in [0.25, 0.3) is 0 Å². The largest absolute Gasteiger partial charge is 0.318 e. The van der Waals surface area contributed by atoms with Gasteiger partial charge in [-0.3, -0.25) is 4.79 Å². The summed E-state index contributed by atoms with van der Waals surface area (Å²) in [5.74, 6) is 1.25. The number of nitrogens with zero attached hydrogens (tertiary/aromatic N) is 3. The second-order valence-electron chi connectivity index (χ2n) is 7.92. The zero-order valence-corrected chi connectivity index (χ0v) is 20.0. The standard InChI is InChI=1S/C24H22ClN3OS2/c1-13-11-19(14(2)28(13)17-9-7-16(25)8-10-17)20(29)12-30-23-22-18-5-4-6-21(18)31-24(22)27-15(3)26-23/h7-11H,4-6,12H2,1-3H3. The zero-order chi connectivity index (χ0) is 21.7. The second-order valence-corrected chi connectivity index (χ2v) is 10.4. The number of thioether (sulfide) groups is 1. The third kappa shape index (κ3) is 3.71. The molecule has 0 atom stereocenters. The van der Waals surface area contributed by atoms with Crippen LogP contribution >= 0.6 is 34.7 Å². The molecule has 5 rings (SSSR count). The van der Waals surface area contributed by atoms with E-state index in [1.165, 1.54) is 34.0 Å². The molecule has 4 aromatic rings. The molecule has 0 radical (unpaired) electrons. The molecule has 4 nitrogen and oxygen atoms in total. The lowest BCUT2D eigenvalue weighted by atomic mass is 10.2. The molecule has 1 aliphatic rings. The van der Waals surface area contributed by atoms with Gasteiger partial charge in [-0.25, -0.2) is 9.97 Å². The fourth-order valence-electron chi connectivity index (χ4n) is 4.41. The summed E-state index contributed by atoms with van der Waals surface area (Å²) in [7, 11) is 0. The SMILES string of the molecule is Cc1nc(SCC(=O)c2cc(C)n(-c3ccc(Cl)cc3)c2C)c2c3c(sc2n1)CCC3. The van der Waals surface area contributed by atoms with Gasteiger partial charge < -0.3 is 4.57 Å². The number of hydrogen-bond acceptors (Lipinski definition) is 5. The first-order chi connectivity index (χ1) is 14.9. The summed E-state index contributed by atoms with van der Waals surface area (Å²) < 4.78 is 2.10. The molecule has 158 valence electrons. The molecule has 3 heterocycles. The molecule has 7 heteroatoms. The van der Waals surface area contributed by atoms with E-state index < -0.39 is 0 Å². The van der Waals surface area contributed by atoms with E-state index in [1.807, 2.05) is 51.1 Å². The third-order valence-electron chi connectivity index (χ3n) is 5.80. The Bertz CT molecular complexity index is 1320. The number of hydrogen-bond donors (Lipinski definition) is 0. The number of aryl methyl sites for hydroxylation is 4. The van der Waals surface area contributed by atoms with E-state index in [4.69, 9.17) is 16.6 Å². The molecule has 0 spiro atoms. The summed E-state index contributed by atoms with van der Waals surface area (Å²) in [6, 6.07) is 9.67. The number of aromatic nitrogens is 3. The number of fused-ring (bicyclic) bond motifs is 3. The Morgan fingerprint density at radius 1 is 1.16 bits per heavy atom. The smallest absolute Gasteiger partial charge is 0.174 e. The van der Waals surface area contributed by atoms with Crippen molar-refractivity contribution in [3.8, 4) is 5.69 Å². The van der Waals surface area contributed by atoms with E-state index in [1.54, 1.807) is 11.3 Å². The molecular formula is C24H22ClN3OS2. The van der Waals surface area contributed by atoms with Crippen LogP contribution in [-0.4, -0.2) is 26.1 Å². The Kier molecular flexibility index (Phi) is 5.40. The predicted octanol–water partition coefficient (Wildman–Crippen LogP) is 6.52. The number of carbonyl (C=O) groups is 1. The zero-order valence-electron chi connectivity index (χ0n) is 17.7. The van der Waals surface area contributed by atoms with Crippen molar-refractivity contribution in [1.82, 2.24) is 14.5 Å². The molecule has 0 saturated carbocycles. The molecule has 0 amide bonds. The van der Waals surface area contributed by atoms with Crippen LogP contribution in [0.25, 0.3) is 15.9 Å². The first kappa shape index (κ1) is 20.7. The van der Waals surface area contributed by atoms with Gasteiger partial charge in [0.05, 0.1) is 5.75 Å². The van der Waals surface area contributed by atoms with Crippen LogP contribution in [0.3, 0.4) is 0 Å². The third-order valence-corrected chi connectivity index (χ3v) is 8.21. The van der Waals surface area contributed by atoms with Crippen LogP contribution in [-0.2, 0) is 12.8 Å². The summed E-state index contributed by atoms with van der Waals surface area (Å²) in [5.41, 5.74) is 5.15. The summed E-state index contributed by atoms with van der Waals surface area (Å²) >= 11 is 9.37. The van der Waals surface area contributed by atoms with E-state index >= 15 is 0 Å². The molecule has 0 fully saturated rings. The number of rotatable bonds is 5. The quantitative estimate of drug-likeness (QED) is 0.190. The second kappa shape index (κ2) is 8.08. The highest BCUT2D eigenvalue weighted by atomic mass is 35.5. The van der Waals surface area contributed by atoms with E-state index in [0.717, 1.165) is 51.2 Å². The van der Waals surface area contributed by atoms with Crippen LogP contribution in [0.15, 0.2) is 35.4 Å². The van der Waals surface area contributed by atoms with Crippen molar-refractivity contribution in [2.24, 2.45) is 0 Å². The van der Waals surface area contributed by atoms with Gasteiger partial charge in [0.1, 0.15) is 15.7 Å². The maximum absolute atomic E-state index is 13.2. The molecule has 0 aliphatic heterocycles. The summed E-state index contributed by atoms with van der Waals surface area (Å²) in [6.45, 7) is 5.95. The first-order valence-corrected chi connectivity index (χ1v) is 12.5.